The lowest BCUT2D eigenvalue weighted by Crippen LogP contribution is -2.24. The summed E-state index contributed by atoms with van der Waals surface area (Å²) in [6.45, 7) is 13.2. The Bertz CT molecular complexity index is 559. The van der Waals surface area contributed by atoms with Crippen molar-refractivity contribution in [2.24, 2.45) is 0 Å². The van der Waals surface area contributed by atoms with Gasteiger partial charge in [0.2, 0.25) is 17.5 Å². The fourth-order valence-corrected chi connectivity index (χ4v) is 6.54. The van der Waals surface area contributed by atoms with E-state index in [2.05, 4.69) is 35.6 Å². The van der Waals surface area contributed by atoms with Crippen LogP contribution < -0.4 is 9.64 Å². The molecule has 0 aliphatic heterocycles. The van der Waals surface area contributed by atoms with Gasteiger partial charge in [0, 0.05) is 24.9 Å². The molecular weight excluding hydrogens is 377 g/mol. The Morgan fingerprint density at radius 2 is 1.80 bits per heavy atom. The third-order valence-electron chi connectivity index (χ3n) is 3.19. The topological polar surface area (TPSA) is 56.7 Å². The Morgan fingerprint density at radius 1 is 1.08 bits per heavy atom. The lowest BCUT2D eigenvalue weighted by Gasteiger charge is -2.22. The Balaban J connectivity index is 2.96. The van der Waals surface area contributed by atoms with Gasteiger partial charge in [0.05, 0.1) is 25.5 Å². The van der Waals surface area contributed by atoms with Crippen LogP contribution >= 0.6 is 17.1 Å². The van der Waals surface area contributed by atoms with Gasteiger partial charge < -0.3 is 18.7 Å². The van der Waals surface area contributed by atoms with E-state index in [9.17, 15) is 0 Å². The van der Waals surface area contributed by atoms with Crippen molar-refractivity contribution in [2.45, 2.75) is 47.6 Å². The van der Waals surface area contributed by atoms with E-state index in [0.29, 0.717) is 31.6 Å². The van der Waals surface area contributed by atoms with E-state index in [1.807, 2.05) is 19.9 Å². The van der Waals surface area contributed by atoms with Gasteiger partial charge in [-0.3, -0.25) is 0 Å². The molecule has 1 rings (SSSR count). The molecule has 0 radical (unpaired) electrons. The molecule has 1 aromatic rings. The van der Waals surface area contributed by atoms with Crippen LogP contribution in [0.3, 0.4) is 0 Å². The Morgan fingerprint density at radius 3 is 2.36 bits per heavy atom. The van der Waals surface area contributed by atoms with Gasteiger partial charge in [-0.15, -0.1) is 0 Å². The summed E-state index contributed by atoms with van der Waals surface area (Å²) in [6, 6.07) is 1.81. The van der Waals surface area contributed by atoms with Gasteiger partial charge in [-0.05, 0) is 45.9 Å². The molecule has 1 atom stereocenters. The predicted molar refractivity (Wildman–Crippen MR) is 110 cm³/mol. The van der Waals surface area contributed by atoms with E-state index < -0.39 is 5.69 Å². The second kappa shape index (κ2) is 12.1. The average molecular weight is 408 g/mol. The van der Waals surface area contributed by atoms with Crippen LogP contribution in [0.1, 0.15) is 46.7 Å². The van der Waals surface area contributed by atoms with Crippen LogP contribution in [0.2, 0.25) is 0 Å². The van der Waals surface area contributed by atoms with Crippen LogP contribution in [0.5, 0.6) is 5.88 Å². The lowest BCUT2D eigenvalue weighted by atomic mass is 10.4. The number of hydrogen-bond donors (Lipinski definition) is 0. The summed E-state index contributed by atoms with van der Waals surface area (Å²) >= 11 is 7.22. The Labute approximate surface area is 161 Å². The summed E-state index contributed by atoms with van der Waals surface area (Å²) in [5, 5.41) is 0. The second-order valence-electron chi connectivity index (χ2n) is 5.07. The highest BCUT2D eigenvalue weighted by atomic mass is 32.9. The van der Waals surface area contributed by atoms with Crippen molar-refractivity contribution in [2.75, 3.05) is 37.0 Å². The van der Waals surface area contributed by atoms with Gasteiger partial charge in [-0.1, -0.05) is 18.3 Å². The molecule has 0 unspecified atom stereocenters. The quantitative estimate of drug-likeness (QED) is 0.438. The molecule has 144 valence electrons. The minimum absolute atomic E-state index is 0.296. The maximum absolute atomic E-state index is 6.00. The molecule has 0 spiro atoms. The minimum Gasteiger partial charge on any atom is -0.478 e. The molecule has 0 saturated heterocycles. The van der Waals surface area contributed by atoms with Gasteiger partial charge in [0.15, 0.2) is 0 Å². The first-order chi connectivity index (χ1) is 12.0. The third-order valence-corrected chi connectivity index (χ3v) is 8.83. The van der Waals surface area contributed by atoms with Crippen LogP contribution in [0.4, 0.5) is 5.95 Å². The van der Waals surface area contributed by atoms with Crippen molar-refractivity contribution in [3.8, 4) is 5.88 Å². The van der Waals surface area contributed by atoms with Crippen LogP contribution in [0, 0.1) is 0 Å². The van der Waals surface area contributed by atoms with E-state index in [-0.39, 0.29) is 0 Å². The van der Waals surface area contributed by atoms with Gasteiger partial charge in [0.25, 0.3) is 0 Å². The van der Waals surface area contributed by atoms with Gasteiger partial charge in [-0.25, -0.2) is 4.98 Å². The van der Waals surface area contributed by atoms with E-state index >= 15 is 0 Å². The maximum Gasteiger partial charge on any atom is 0.247 e. The first kappa shape index (κ1) is 22.6. The monoisotopic (exact) mass is 407 g/mol. The molecule has 0 bridgehead atoms. The van der Waals surface area contributed by atoms with Gasteiger partial charge in [0.1, 0.15) is 0 Å². The first-order valence-electron chi connectivity index (χ1n) is 8.81. The molecule has 6 nitrogen and oxygen atoms in total. The number of ether oxygens (including phenoxy) is 1. The van der Waals surface area contributed by atoms with E-state index in [1.165, 1.54) is 0 Å². The summed E-state index contributed by atoms with van der Waals surface area (Å²) in [5.74, 6) is 2.14. The molecule has 0 N–H and O–H groups in total. The summed E-state index contributed by atoms with van der Waals surface area (Å²) in [5.41, 5.74) is -1.59. The van der Waals surface area contributed by atoms with Crippen molar-refractivity contribution >= 4 is 34.8 Å². The molecule has 0 aliphatic carbocycles. The standard InChI is InChI=1S/C16H30N3O3PS2/c1-6-11-25-23(24,21-10-5)22-13-14-12-15(20-9-4)18-16(17-14)19(7-2)8-3/h12H,6-11,13H2,1-5H3/t23-/m0/s1. The molecule has 1 heterocycles. The van der Waals surface area contributed by atoms with Crippen molar-refractivity contribution in [1.29, 1.82) is 0 Å². The number of anilines is 1. The van der Waals surface area contributed by atoms with Crippen LogP contribution in [0.15, 0.2) is 6.07 Å². The van der Waals surface area contributed by atoms with E-state index in [4.69, 9.17) is 25.6 Å². The highest BCUT2D eigenvalue weighted by Crippen LogP contribution is 2.61. The molecule has 25 heavy (non-hydrogen) atoms. The SMILES string of the molecule is CCCS[P@@](=S)(OCC)OCc1cc(OCC)nc(N(CC)CC)n1. The third kappa shape index (κ3) is 7.79. The van der Waals surface area contributed by atoms with Crippen molar-refractivity contribution in [3.05, 3.63) is 11.8 Å². The van der Waals surface area contributed by atoms with E-state index in [0.717, 1.165) is 31.0 Å². The Kier molecular flexibility index (Phi) is 10.9. The first-order valence-corrected chi connectivity index (χ1v) is 13.0. The van der Waals surface area contributed by atoms with E-state index in [1.54, 1.807) is 11.4 Å². The molecule has 0 saturated carbocycles. The van der Waals surface area contributed by atoms with Crippen molar-refractivity contribution < 1.29 is 13.8 Å². The summed E-state index contributed by atoms with van der Waals surface area (Å²) in [7, 11) is 0. The highest BCUT2D eigenvalue weighted by Gasteiger charge is 2.20. The lowest BCUT2D eigenvalue weighted by molar-refractivity contribution is 0.257. The fraction of sp³-hybridized carbons (Fsp3) is 0.750. The van der Waals surface area contributed by atoms with Crippen molar-refractivity contribution in [1.82, 2.24) is 9.97 Å². The maximum atomic E-state index is 6.00. The summed E-state index contributed by atoms with van der Waals surface area (Å²) in [6.07, 6.45) is 1.04. The van der Waals surface area contributed by atoms with Gasteiger partial charge in [-0.2, -0.15) is 4.98 Å². The molecule has 9 heteroatoms. The number of nitrogens with zero attached hydrogens (tertiary/aromatic N) is 3. The molecule has 0 aliphatic rings. The van der Waals surface area contributed by atoms with Crippen LogP contribution in [0.25, 0.3) is 0 Å². The minimum atomic E-state index is -2.35. The number of rotatable bonds is 13. The molecule has 0 aromatic carbocycles. The van der Waals surface area contributed by atoms with Crippen LogP contribution in [-0.2, 0) is 27.5 Å². The average Bonchev–Trinajstić information content (AvgIpc) is 2.60. The number of aromatic nitrogens is 2. The zero-order chi connectivity index (χ0) is 18.7. The molecule has 1 aromatic heterocycles. The normalized spacial score (nSPS) is 13.5. The molecular formula is C16H30N3O3PS2. The fourth-order valence-electron chi connectivity index (χ4n) is 2.02. The predicted octanol–water partition coefficient (Wildman–Crippen LogP) is 4.64. The number of hydrogen-bond acceptors (Lipinski definition) is 8. The largest absolute Gasteiger partial charge is 0.478 e. The Hall–Kier alpha value is -0.400. The van der Waals surface area contributed by atoms with Gasteiger partial charge >= 0.3 is 0 Å². The highest BCUT2D eigenvalue weighted by molar-refractivity contribution is 8.67. The molecule has 0 amide bonds. The second-order valence-corrected chi connectivity index (χ2v) is 11.5. The smallest absolute Gasteiger partial charge is 0.247 e. The summed E-state index contributed by atoms with van der Waals surface area (Å²) in [4.78, 5) is 11.2. The zero-order valence-corrected chi connectivity index (χ0v) is 18.4. The van der Waals surface area contributed by atoms with Crippen LogP contribution in [-0.4, -0.2) is 42.0 Å². The summed E-state index contributed by atoms with van der Waals surface area (Å²) < 4.78 is 17.3. The van der Waals surface area contributed by atoms with Crippen molar-refractivity contribution in [3.63, 3.8) is 0 Å². The molecule has 0 fully saturated rings. The zero-order valence-electron chi connectivity index (χ0n) is 15.9.